The quantitative estimate of drug-likeness (QED) is 0.591. The fraction of sp³-hybridized carbons (Fsp3) is 0.278. The second-order valence-electron chi connectivity index (χ2n) is 6.96. The minimum Gasteiger partial charge on any atom is -0.325 e. The van der Waals surface area contributed by atoms with Crippen LogP contribution >= 0.6 is 22.9 Å². The molecule has 0 radical (unpaired) electrons. The number of amides is 1. The van der Waals surface area contributed by atoms with Gasteiger partial charge in [0.1, 0.15) is 16.9 Å². The molecule has 3 aromatic rings. The highest BCUT2D eigenvalue weighted by Gasteiger charge is 2.41. The van der Waals surface area contributed by atoms with Crippen molar-refractivity contribution in [2.75, 3.05) is 12.4 Å². The molecular formula is C18H18ClFN6O3S2. The number of thiazole rings is 1. The van der Waals surface area contributed by atoms with E-state index in [2.05, 4.69) is 20.1 Å². The predicted octanol–water partition coefficient (Wildman–Crippen LogP) is 2.55. The summed E-state index contributed by atoms with van der Waals surface area (Å²) in [5.74, 6) is -1.17. The molecule has 164 valence electrons. The lowest BCUT2D eigenvalue weighted by Crippen LogP contribution is -2.55. The van der Waals surface area contributed by atoms with Gasteiger partial charge >= 0.3 is 0 Å². The maximum Gasteiger partial charge on any atom is 0.280 e. The number of rotatable bonds is 4. The van der Waals surface area contributed by atoms with Gasteiger partial charge in [-0.1, -0.05) is 11.6 Å². The van der Waals surface area contributed by atoms with Crippen LogP contribution in [0.5, 0.6) is 0 Å². The van der Waals surface area contributed by atoms with Gasteiger partial charge in [-0.05, 0) is 30.7 Å². The lowest BCUT2D eigenvalue weighted by atomic mass is 10.1. The van der Waals surface area contributed by atoms with Crippen molar-refractivity contribution in [1.29, 1.82) is 0 Å². The number of halogens is 2. The summed E-state index contributed by atoms with van der Waals surface area (Å²) < 4.78 is 43.9. The minimum absolute atomic E-state index is 0.146. The van der Waals surface area contributed by atoms with Crippen molar-refractivity contribution in [2.45, 2.75) is 18.5 Å². The average molecular weight is 485 g/mol. The van der Waals surface area contributed by atoms with Gasteiger partial charge in [0, 0.05) is 32.2 Å². The maximum atomic E-state index is 13.4. The molecule has 2 atom stereocenters. The number of carbonyl (C=O) groups excluding carboxylic acids is 1. The van der Waals surface area contributed by atoms with Gasteiger partial charge in [-0.15, -0.1) is 11.3 Å². The van der Waals surface area contributed by atoms with Crippen molar-refractivity contribution in [1.82, 2.24) is 23.8 Å². The number of aromatic nitrogens is 3. The van der Waals surface area contributed by atoms with Gasteiger partial charge in [-0.25, -0.2) is 9.37 Å². The largest absolute Gasteiger partial charge is 0.325 e. The summed E-state index contributed by atoms with van der Waals surface area (Å²) in [6.45, 7) is 0. The summed E-state index contributed by atoms with van der Waals surface area (Å²) in [4.78, 5) is 18.1. The highest BCUT2D eigenvalue weighted by atomic mass is 35.5. The third-order valence-corrected chi connectivity index (χ3v) is 7.97. The Morgan fingerprint density at radius 3 is 2.81 bits per heavy atom. The normalized spacial score (nSPS) is 21.2. The van der Waals surface area contributed by atoms with E-state index in [-0.39, 0.29) is 17.1 Å². The Morgan fingerprint density at radius 1 is 1.35 bits per heavy atom. The van der Waals surface area contributed by atoms with Crippen LogP contribution in [0.15, 0.2) is 36.7 Å². The van der Waals surface area contributed by atoms with Crippen LogP contribution in [0, 0.1) is 5.82 Å². The van der Waals surface area contributed by atoms with Gasteiger partial charge < -0.3 is 5.32 Å². The van der Waals surface area contributed by atoms with E-state index >= 15 is 0 Å². The zero-order chi connectivity index (χ0) is 22.3. The fourth-order valence-electron chi connectivity index (χ4n) is 3.26. The highest BCUT2D eigenvalue weighted by molar-refractivity contribution is 7.87. The molecule has 0 spiro atoms. The molecule has 0 saturated carbocycles. The van der Waals surface area contributed by atoms with E-state index in [9.17, 15) is 17.6 Å². The molecule has 1 aliphatic heterocycles. The summed E-state index contributed by atoms with van der Waals surface area (Å²) in [5.41, 5.74) is 1.12. The fourth-order valence-corrected chi connectivity index (χ4v) is 5.80. The summed E-state index contributed by atoms with van der Waals surface area (Å²) in [7, 11) is -0.804. The van der Waals surface area contributed by atoms with E-state index in [1.54, 1.807) is 24.1 Å². The first-order valence-electron chi connectivity index (χ1n) is 9.11. The van der Waals surface area contributed by atoms with Crippen molar-refractivity contribution in [3.8, 4) is 10.6 Å². The van der Waals surface area contributed by atoms with Crippen LogP contribution in [0.25, 0.3) is 10.6 Å². The molecule has 1 saturated heterocycles. The van der Waals surface area contributed by atoms with E-state index in [0.29, 0.717) is 5.01 Å². The van der Waals surface area contributed by atoms with Crippen LogP contribution in [0.2, 0.25) is 5.02 Å². The van der Waals surface area contributed by atoms with Crippen LogP contribution in [0.3, 0.4) is 0 Å². The number of benzene rings is 1. The molecule has 1 aromatic carbocycles. The molecular weight excluding hydrogens is 467 g/mol. The van der Waals surface area contributed by atoms with E-state index in [1.165, 1.54) is 30.5 Å². The number of nitrogens with one attached hydrogen (secondary N) is 2. The molecule has 9 nitrogen and oxygen atoms in total. The van der Waals surface area contributed by atoms with Gasteiger partial charge in [0.05, 0.1) is 21.6 Å². The minimum atomic E-state index is -3.93. The SMILES string of the molecule is CN1[C@H](C(=O)Nc2ccc(F)c(Cl)c2)C[C@H](c2ncc(-c3ccnn3C)s2)NS1(=O)=O. The Morgan fingerprint density at radius 2 is 2.13 bits per heavy atom. The van der Waals surface area contributed by atoms with E-state index in [0.717, 1.165) is 20.9 Å². The average Bonchev–Trinajstić information content (AvgIpc) is 3.35. The standard InChI is InChI=1S/C18H18ClFN6O3S2/c1-25-14(5-6-22-25)16-9-21-18(30-16)13-8-15(26(2)31(28,29)24-13)17(27)23-10-3-4-12(20)11(19)7-10/h3-7,9,13,15,24H,8H2,1-2H3,(H,23,27)/t13-,15+/m1/s1. The van der Waals surface area contributed by atoms with Crippen LogP contribution in [-0.2, 0) is 22.1 Å². The first-order valence-corrected chi connectivity index (χ1v) is 11.7. The molecule has 31 heavy (non-hydrogen) atoms. The molecule has 1 fully saturated rings. The molecule has 0 unspecified atom stereocenters. The van der Waals surface area contributed by atoms with Gasteiger partial charge in [-0.2, -0.15) is 22.5 Å². The molecule has 4 rings (SSSR count). The maximum absolute atomic E-state index is 13.4. The number of nitrogens with zero attached hydrogens (tertiary/aromatic N) is 4. The zero-order valence-electron chi connectivity index (χ0n) is 16.4. The lowest BCUT2D eigenvalue weighted by molar-refractivity contribution is -0.120. The van der Waals surface area contributed by atoms with Crippen molar-refractivity contribution in [3.05, 3.63) is 52.5 Å². The Labute approximate surface area is 187 Å². The van der Waals surface area contributed by atoms with Crippen molar-refractivity contribution in [3.63, 3.8) is 0 Å². The molecule has 13 heteroatoms. The predicted molar refractivity (Wildman–Crippen MR) is 115 cm³/mol. The number of hydrogen-bond acceptors (Lipinski definition) is 6. The Balaban J connectivity index is 1.58. The zero-order valence-corrected chi connectivity index (χ0v) is 18.8. The Hall–Kier alpha value is -2.38. The molecule has 0 bridgehead atoms. The molecule has 2 aromatic heterocycles. The highest BCUT2D eigenvalue weighted by Crippen LogP contribution is 2.34. The van der Waals surface area contributed by atoms with Gasteiger partial charge in [0.15, 0.2) is 0 Å². The van der Waals surface area contributed by atoms with Crippen molar-refractivity contribution < 1.29 is 17.6 Å². The first-order chi connectivity index (χ1) is 14.7. The summed E-state index contributed by atoms with van der Waals surface area (Å²) in [6.07, 6.45) is 3.48. The molecule has 1 amide bonds. The smallest absolute Gasteiger partial charge is 0.280 e. The van der Waals surface area contributed by atoms with Crippen LogP contribution in [-0.4, -0.2) is 46.5 Å². The number of anilines is 1. The molecule has 0 aliphatic carbocycles. The third kappa shape index (κ3) is 4.34. The van der Waals surface area contributed by atoms with Crippen LogP contribution < -0.4 is 10.0 Å². The summed E-state index contributed by atoms with van der Waals surface area (Å²) in [6, 6.07) is 3.90. The van der Waals surface area contributed by atoms with Crippen LogP contribution in [0.1, 0.15) is 17.5 Å². The van der Waals surface area contributed by atoms with Gasteiger partial charge in [-0.3, -0.25) is 9.48 Å². The number of aryl methyl sites for hydroxylation is 1. The number of hydrogen-bond donors (Lipinski definition) is 2. The van der Waals surface area contributed by atoms with Gasteiger partial charge in [0.2, 0.25) is 5.91 Å². The topological polar surface area (TPSA) is 109 Å². The monoisotopic (exact) mass is 484 g/mol. The Kier molecular flexibility index (Phi) is 5.83. The van der Waals surface area contributed by atoms with E-state index in [1.807, 2.05) is 6.07 Å². The lowest BCUT2D eigenvalue weighted by Gasteiger charge is -2.35. The van der Waals surface area contributed by atoms with Gasteiger partial charge in [0.25, 0.3) is 10.2 Å². The molecule has 2 N–H and O–H groups in total. The molecule has 1 aliphatic rings. The number of likely N-dealkylation sites (N-methyl/N-ethyl adjacent to an activating group) is 1. The van der Waals surface area contributed by atoms with E-state index < -0.39 is 34.0 Å². The summed E-state index contributed by atoms with van der Waals surface area (Å²) in [5, 5.41) is 7.12. The van der Waals surface area contributed by atoms with Crippen molar-refractivity contribution in [2.24, 2.45) is 7.05 Å². The third-order valence-electron chi connectivity index (χ3n) is 4.95. The first kappa shape index (κ1) is 21.8. The Bertz CT molecular complexity index is 1240. The second kappa shape index (κ2) is 8.28. The number of carbonyl (C=O) groups is 1. The van der Waals surface area contributed by atoms with Crippen molar-refractivity contribution >= 4 is 44.7 Å². The summed E-state index contributed by atoms with van der Waals surface area (Å²) >= 11 is 7.09. The van der Waals surface area contributed by atoms with Crippen LogP contribution in [0.4, 0.5) is 10.1 Å². The molecule has 3 heterocycles. The second-order valence-corrected chi connectivity index (χ2v) is 10.2. The van der Waals surface area contributed by atoms with E-state index in [4.69, 9.17) is 11.6 Å².